The Kier molecular flexibility index (Phi) is 15.0. The van der Waals surface area contributed by atoms with E-state index in [0.717, 1.165) is 0 Å². The lowest BCUT2D eigenvalue weighted by molar-refractivity contribution is -0.156. The third-order valence-electron chi connectivity index (χ3n) is 4.88. The van der Waals surface area contributed by atoms with Crippen molar-refractivity contribution in [2.75, 3.05) is 39.6 Å². The number of esters is 4. The van der Waals surface area contributed by atoms with Crippen molar-refractivity contribution in [2.45, 2.75) is 91.1 Å². The van der Waals surface area contributed by atoms with E-state index >= 15 is 0 Å². The molecule has 0 aliphatic heterocycles. The number of hydrogen-bond acceptors (Lipinski definition) is 10. The van der Waals surface area contributed by atoms with Crippen molar-refractivity contribution in [1.82, 2.24) is 0 Å². The predicted molar refractivity (Wildman–Crippen MR) is 131 cm³/mol. The fraction of sp³-hybridized carbons (Fsp3) is 0.833. The van der Waals surface area contributed by atoms with Gasteiger partial charge in [0.25, 0.3) is 0 Å². The van der Waals surface area contributed by atoms with Crippen molar-refractivity contribution in [2.24, 2.45) is 0 Å². The van der Waals surface area contributed by atoms with E-state index in [1.807, 2.05) is 0 Å². The minimum Gasteiger partial charge on any atom is -0.466 e. The highest BCUT2D eigenvalue weighted by atomic mass is 28.4. The topological polar surface area (TPSA) is 124 Å². The molecule has 0 fully saturated rings. The molecule has 0 aromatic heterocycles. The van der Waals surface area contributed by atoms with Crippen molar-refractivity contribution < 1.29 is 47.0 Å². The summed E-state index contributed by atoms with van der Waals surface area (Å²) in [5.41, 5.74) is 0. The molecule has 0 saturated carbocycles. The molecular formula is C24H44O10Si. The lowest BCUT2D eigenvalue weighted by Gasteiger charge is -2.49. The van der Waals surface area contributed by atoms with E-state index in [1.54, 1.807) is 13.8 Å². The van der Waals surface area contributed by atoms with Crippen LogP contribution >= 0.6 is 0 Å². The van der Waals surface area contributed by atoms with Crippen molar-refractivity contribution >= 4 is 32.4 Å². The van der Waals surface area contributed by atoms with E-state index in [0.29, 0.717) is 26.1 Å². The summed E-state index contributed by atoms with van der Waals surface area (Å²) in [7, 11) is -2.86. The van der Waals surface area contributed by atoms with Gasteiger partial charge < -0.3 is 27.8 Å². The van der Waals surface area contributed by atoms with Gasteiger partial charge in [-0.25, -0.2) is 0 Å². The zero-order valence-electron chi connectivity index (χ0n) is 22.7. The molecule has 0 radical (unpaired) electrons. The molecule has 0 spiro atoms. The Morgan fingerprint density at radius 2 is 0.857 bits per heavy atom. The normalized spacial score (nSPS) is 12.1. The Hall–Kier alpha value is -1.98. The molecular weight excluding hydrogens is 476 g/mol. The number of carbonyl (C=O) groups excluding carboxylic acids is 4. The summed E-state index contributed by atoms with van der Waals surface area (Å²) in [5, 5.41) is -0.571. The van der Waals surface area contributed by atoms with Crippen molar-refractivity contribution in [3.63, 3.8) is 0 Å². The van der Waals surface area contributed by atoms with E-state index < -0.39 is 45.3 Å². The summed E-state index contributed by atoms with van der Waals surface area (Å²) in [6.45, 7) is 17.1. The highest BCUT2D eigenvalue weighted by Gasteiger charge is 2.58. The quantitative estimate of drug-likeness (QED) is 0.0974. The lowest BCUT2D eigenvalue weighted by Crippen LogP contribution is -2.57. The van der Waals surface area contributed by atoms with Crippen LogP contribution in [0, 0.1) is 0 Å². The number of carbonyl (C=O) groups is 4. The number of ether oxygens (including phenoxy) is 4. The fourth-order valence-corrected chi connectivity index (χ4v) is 8.65. The van der Waals surface area contributed by atoms with E-state index in [9.17, 15) is 19.2 Å². The van der Waals surface area contributed by atoms with Crippen molar-refractivity contribution in [1.29, 1.82) is 0 Å². The molecule has 0 unspecified atom stereocenters. The maximum absolute atomic E-state index is 11.7. The van der Waals surface area contributed by atoms with Gasteiger partial charge in [0.15, 0.2) is 0 Å². The van der Waals surface area contributed by atoms with Gasteiger partial charge in [-0.1, -0.05) is 41.5 Å². The van der Waals surface area contributed by atoms with Crippen LogP contribution in [0.25, 0.3) is 0 Å². The van der Waals surface area contributed by atoms with Gasteiger partial charge in [0.1, 0.15) is 12.8 Å². The van der Waals surface area contributed by atoms with Crippen molar-refractivity contribution in [3.8, 4) is 0 Å². The zero-order valence-corrected chi connectivity index (χ0v) is 23.7. The highest BCUT2D eigenvalue weighted by Crippen LogP contribution is 2.52. The molecule has 11 heteroatoms. The summed E-state index contributed by atoms with van der Waals surface area (Å²) in [4.78, 5) is 46.1. The highest BCUT2D eigenvalue weighted by molar-refractivity contribution is 6.73. The summed E-state index contributed by atoms with van der Waals surface area (Å²) < 4.78 is 32.5. The second kappa shape index (κ2) is 15.9. The Balaban J connectivity index is 4.77. The average molecular weight is 521 g/mol. The molecule has 0 atom stereocenters. The summed E-state index contributed by atoms with van der Waals surface area (Å²) in [5.74, 6) is -2.49. The third kappa shape index (κ3) is 12.5. The minimum absolute atomic E-state index is 0.118. The predicted octanol–water partition coefficient (Wildman–Crippen LogP) is 3.84. The monoisotopic (exact) mass is 520 g/mol. The summed E-state index contributed by atoms with van der Waals surface area (Å²) >= 11 is 0. The Morgan fingerprint density at radius 3 is 1.14 bits per heavy atom. The van der Waals surface area contributed by atoms with E-state index in [4.69, 9.17) is 27.8 Å². The molecule has 0 bridgehead atoms. The van der Waals surface area contributed by atoms with Crippen LogP contribution in [-0.2, 0) is 47.0 Å². The molecule has 0 aromatic rings. The molecule has 10 nitrogen and oxygen atoms in total. The Morgan fingerprint density at radius 1 is 0.543 bits per heavy atom. The third-order valence-corrected chi connectivity index (χ3v) is 10.0. The van der Waals surface area contributed by atoms with Gasteiger partial charge in [-0.3, -0.25) is 19.2 Å². The first kappa shape index (κ1) is 33.0. The van der Waals surface area contributed by atoms with Crippen LogP contribution in [0.5, 0.6) is 0 Å². The van der Waals surface area contributed by atoms with E-state index in [1.165, 1.54) is 0 Å². The molecule has 0 amide bonds. The van der Waals surface area contributed by atoms with Gasteiger partial charge in [-0.15, -0.1) is 0 Å². The Labute approximate surface area is 210 Å². The largest absolute Gasteiger partial charge is 0.466 e. The second-order valence-corrected chi connectivity index (χ2v) is 14.7. The SMILES string of the molecule is CCOC(=O)CC(=O)OCCCO[Si](OCCCOC(=O)CC(=O)OCC)(C(C)(C)C)C(C)(C)C. The van der Waals surface area contributed by atoms with Gasteiger partial charge >= 0.3 is 32.4 Å². The maximum Gasteiger partial charge on any atom is 0.349 e. The molecule has 0 aliphatic carbocycles. The number of hydrogen-bond donors (Lipinski definition) is 0. The van der Waals surface area contributed by atoms with Crippen LogP contribution in [0.4, 0.5) is 0 Å². The van der Waals surface area contributed by atoms with E-state index in [2.05, 4.69) is 41.5 Å². The van der Waals surface area contributed by atoms with E-state index in [-0.39, 0.29) is 36.5 Å². The van der Waals surface area contributed by atoms with Gasteiger partial charge in [-0.2, -0.15) is 0 Å². The van der Waals surface area contributed by atoms with Crippen molar-refractivity contribution in [3.05, 3.63) is 0 Å². The van der Waals surface area contributed by atoms with Crippen LogP contribution < -0.4 is 0 Å². The number of rotatable bonds is 16. The van der Waals surface area contributed by atoms with Gasteiger partial charge in [0.05, 0.1) is 26.4 Å². The molecule has 204 valence electrons. The maximum atomic E-state index is 11.7. The average Bonchev–Trinajstić information content (AvgIpc) is 2.70. The van der Waals surface area contributed by atoms with Gasteiger partial charge in [0, 0.05) is 36.1 Å². The molecule has 0 saturated heterocycles. The molecule has 0 aromatic carbocycles. The molecule has 0 N–H and O–H groups in total. The first-order valence-corrected chi connectivity index (χ1v) is 13.9. The first-order chi connectivity index (χ1) is 16.2. The molecule has 0 aliphatic rings. The van der Waals surface area contributed by atoms with Crippen LogP contribution in [0.3, 0.4) is 0 Å². The van der Waals surface area contributed by atoms with Crippen LogP contribution in [0.1, 0.15) is 81.1 Å². The molecule has 0 heterocycles. The van der Waals surface area contributed by atoms with Gasteiger partial charge in [0.2, 0.25) is 0 Å². The molecule has 35 heavy (non-hydrogen) atoms. The molecule has 0 rings (SSSR count). The minimum atomic E-state index is -2.86. The zero-order chi connectivity index (χ0) is 27.1. The van der Waals surface area contributed by atoms with Crippen LogP contribution in [0.2, 0.25) is 10.1 Å². The fourth-order valence-electron chi connectivity index (χ4n) is 3.72. The second-order valence-electron chi connectivity index (χ2n) is 9.93. The summed E-state index contributed by atoms with van der Waals surface area (Å²) in [6.07, 6.45) is 0.0737. The smallest absolute Gasteiger partial charge is 0.349 e. The van der Waals surface area contributed by atoms with Crippen LogP contribution in [0.15, 0.2) is 0 Å². The van der Waals surface area contributed by atoms with Gasteiger partial charge in [-0.05, 0) is 13.8 Å². The first-order valence-electron chi connectivity index (χ1n) is 12.1. The standard InChI is InChI=1S/C24H44O10Si/c1-9-29-19(25)17-21(27)31-13-11-15-33-35(23(3,4)5,24(6,7)8)34-16-12-14-32-22(28)18-20(26)30-10-2/h9-18H2,1-8H3. The summed E-state index contributed by atoms with van der Waals surface area (Å²) in [6, 6.07) is 0. The Bertz CT molecular complexity index is 621. The lowest BCUT2D eigenvalue weighted by atomic mass is 10.2. The van der Waals surface area contributed by atoms with Crippen LogP contribution in [-0.4, -0.2) is 72.1 Å².